The van der Waals surface area contributed by atoms with Gasteiger partial charge in [-0.2, -0.15) is 0 Å². The number of hydrogen-bond donors (Lipinski definition) is 3. The van der Waals surface area contributed by atoms with E-state index in [-0.39, 0.29) is 17.9 Å². The molecule has 1 fully saturated rings. The van der Waals surface area contributed by atoms with E-state index in [0.29, 0.717) is 34.3 Å². The first-order chi connectivity index (χ1) is 9.02. The molecule has 3 N–H and O–H groups in total. The second kappa shape index (κ2) is 4.57. The summed E-state index contributed by atoms with van der Waals surface area (Å²) >= 11 is 3.08. The third-order valence-corrected chi connectivity index (χ3v) is 3.86. The van der Waals surface area contributed by atoms with Crippen molar-refractivity contribution in [1.82, 2.24) is 9.97 Å². The fraction of sp³-hybridized carbons (Fsp3) is 0.333. The number of nitrogens with one attached hydrogen (secondary N) is 2. The Morgan fingerprint density at radius 2 is 2.26 bits per heavy atom. The van der Waals surface area contributed by atoms with Gasteiger partial charge < -0.3 is 10.1 Å². The van der Waals surface area contributed by atoms with Crippen LogP contribution in [0.15, 0.2) is 16.6 Å². The molecular weight excluding hydrogens is 317 g/mol. The average molecular weight is 328 g/mol. The van der Waals surface area contributed by atoms with Crippen LogP contribution in [0.3, 0.4) is 0 Å². The molecule has 1 saturated carbocycles. The number of aromatic amines is 1. The van der Waals surface area contributed by atoms with Crippen molar-refractivity contribution >= 4 is 38.8 Å². The van der Waals surface area contributed by atoms with Crippen molar-refractivity contribution in [2.45, 2.75) is 18.9 Å². The van der Waals surface area contributed by atoms with Crippen LogP contribution in [0.2, 0.25) is 0 Å². The zero-order chi connectivity index (χ0) is 13.6. The van der Waals surface area contributed by atoms with Crippen molar-refractivity contribution in [1.29, 1.82) is 0 Å². The molecule has 0 bridgehead atoms. The minimum Gasteiger partial charge on any atom is -0.393 e. The van der Waals surface area contributed by atoms with Gasteiger partial charge in [0, 0.05) is 12.0 Å². The Balaban J connectivity index is 1.80. The second-order valence-corrected chi connectivity index (χ2v) is 5.53. The summed E-state index contributed by atoms with van der Waals surface area (Å²) in [7, 11) is 0. The van der Waals surface area contributed by atoms with Crippen molar-refractivity contribution in [2.24, 2.45) is 5.92 Å². The number of aliphatic hydroxyl groups is 1. The quantitative estimate of drug-likeness (QED) is 0.791. The Morgan fingerprint density at radius 1 is 1.53 bits per heavy atom. The zero-order valence-corrected chi connectivity index (χ0v) is 11.4. The van der Waals surface area contributed by atoms with Crippen molar-refractivity contribution in [3.8, 4) is 0 Å². The Morgan fingerprint density at radius 3 is 2.95 bits per heavy atom. The molecule has 0 atom stereocenters. The largest absolute Gasteiger partial charge is 0.393 e. The van der Waals surface area contributed by atoms with Crippen LogP contribution in [-0.2, 0) is 4.79 Å². The summed E-state index contributed by atoms with van der Waals surface area (Å²) < 4.78 is 13.7. The number of aliphatic hydroxyl groups excluding tert-OH is 1. The van der Waals surface area contributed by atoms with E-state index in [4.69, 9.17) is 5.11 Å². The van der Waals surface area contributed by atoms with E-state index in [9.17, 15) is 9.18 Å². The van der Waals surface area contributed by atoms with E-state index < -0.39 is 5.82 Å². The molecule has 1 aromatic carbocycles. The monoisotopic (exact) mass is 327 g/mol. The van der Waals surface area contributed by atoms with E-state index in [2.05, 4.69) is 31.2 Å². The number of carbonyl (C=O) groups excluding carboxylic acids is 1. The fourth-order valence-corrected chi connectivity index (χ4v) is 2.42. The Labute approximate surface area is 116 Å². The van der Waals surface area contributed by atoms with Crippen LogP contribution in [-0.4, -0.2) is 27.1 Å². The van der Waals surface area contributed by atoms with Crippen molar-refractivity contribution < 1.29 is 14.3 Å². The topological polar surface area (TPSA) is 78.0 Å². The minimum atomic E-state index is -0.392. The molecule has 0 unspecified atom stereocenters. The molecule has 3 rings (SSSR count). The molecule has 19 heavy (non-hydrogen) atoms. The van der Waals surface area contributed by atoms with Gasteiger partial charge in [-0.3, -0.25) is 10.1 Å². The number of halogens is 2. The van der Waals surface area contributed by atoms with Gasteiger partial charge in [-0.05, 0) is 34.8 Å². The van der Waals surface area contributed by atoms with E-state index in [0.717, 1.165) is 0 Å². The normalized spacial score (nSPS) is 22.3. The minimum absolute atomic E-state index is 0.174. The number of aromatic nitrogens is 2. The highest BCUT2D eigenvalue weighted by atomic mass is 79.9. The molecule has 2 aromatic rings. The van der Waals surface area contributed by atoms with Gasteiger partial charge in [-0.1, -0.05) is 0 Å². The lowest BCUT2D eigenvalue weighted by molar-refractivity contribution is -0.126. The number of hydrogen-bond acceptors (Lipinski definition) is 3. The van der Waals surface area contributed by atoms with Crippen LogP contribution in [0.4, 0.5) is 10.3 Å². The summed E-state index contributed by atoms with van der Waals surface area (Å²) in [4.78, 5) is 18.8. The first-order valence-electron chi connectivity index (χ1n) is 5.86. The third kappa shape index (κ3) is 2.35. The Hall–Kier alpha value is -1.47. The number of rotatable bonds is 2. The van der Waals surface area contributed by atoms with Gasteiger partial charge in [0.05, 0.1) is 21.6 Å². The molecule has 1 amide bonds. The molecule has 0 aliphatic heterocycles. The van der Waals surface area contributed by atoms with Crippen molar-refractivity contribution in [3.05, 3.63) is 22.4 Å². The number of H-pyrrole nitrogens is 1. The molecule has 1 aliphatic carbocycles. The lowest BCUT2D eigenvalue weighted by Gasteiger charge is -2.29. The summed E-state index contributed by atoms with van der Waals surface area (Å²) in [6.45, 7) is 0. The van der Waals surface area contributed by atoms with Crippen LogP contribution in [0.1, 0.15) is 12.8 Å². The predicted molar refractivity (Wildman–Crippen MR) is 71.1 cm³/mol. The molecule has 1 aliphatic rings. The Bertz CT molecular complexity index is 613. The van der Waals surface area contributed by atoms with Crippen molar-refractivity contribution in [2.75, 3.05) is 5.32 Å². The van der Waals surface area contributed by atoms with Crippen molar-refractivity contribution in [3.63, 3.8) is 0 Å². The van der Waals surface area contributed by atoms with Gasteiger partial charge in [0.25, 0.3) is 0 Å². The van der Waals surface area contributed by atoms with Crippen LogP contribution < -0.4 is 5.32 Å². The highest BCUT2D eigenvalue weighted by Crippen LogP contribution is 2.28. The lowest BCUT2D eigenvalue weighted by atomic mass is 9.82. The standard InChI is InChI=1S/C12H11BrFN3O2/c13-7-3-9-10(4-8(7)14)16-12(15-9)17-11(19)5-1-6(18)2-5/h3-6,18H,1-2H2,(H2,15,16,17,19). The predicted octanol–water partition coefficient (Wildman–Crippen LogP) is 2.17. The fourth-order valence-electron chi connectivity index (χ4n) is 2.08. The van der Waals surface area contributed by atoms with E-state index in [1.54, 1.807) is 6.07 Å². The SMILES string of the molecule is O=C(Nc1nc2cc(Br)c(F)cc2[nH]1)C1CC(O)C1. The van der Waals surface area contributed by atoms with Gasteiger partial charge in [0.15, 0.2) is 0 Å². The maximum absolute atomic E-state index is 13.3. The smallest absolute Gasteiger partial charge is 0.229 e. The van der Waals surface area contributed by atoms with Crippen LogP contribution >= 0.6 is 15.9 Å². The highest BCUT2D eigenvalue weighted by molar-refractivity contribution is 9.10. The highest BCUT2D eigenvalue weighted by Gasteiger charge is 2.33. The van der Waals surface area contributed by atoms with E-state index in [1.807, 2.05) is 0 Å². The lowest BCUT2D eigenvalue weighted by Crippen LogP contribution is -2.37. The van der Waals surface area contributed by atoms with Gasteiger partial charge in [-0.25, -0.2) is 9.37 Å². The first-order valence-corrected chi connectivity index (χ1v) is 6.66. The Kier molecular flexibility index (Phi) is 3.02. The number of nitrogens with zero attached hydrogens (tertiary/aromatic N) is 1. The molecular formula is C12H11BrFN3O2. The molecule has 5 nitrogen and oxygen atoms in total. The number of fused-ring (bicyclic) bond motifs is 1. The number of anilines is 1. The van der Waals surface area contributed by atoms with Crippen LogP contribution in [0.5, 0.6) is 0 Å². The first kappa shape index (κ1) is 12.6. The molecule has 0 radical (unpaired) electrons. The summed E-state index contributed by atoms with van der Waals surface area (Å²) in [5.74, 6) is -0.453. The van der Waals surface area contributed by atoms with Gasteiger partial charge >= 0.3 is 0 Å². The number of carbonyl (C=O) groups is 1. The molecule has 1 heterocycles. The molecule has 100 valence electrons. The van der Waals surface area contributed by atoms with Crippen LogP contribution in [0, 0.1) is 11.7 Å². The van der Waals surface area contributed by atoms with Gasteiger partial charge in [0.2, 0.25) is 11.9 Å². The second-order valence-electron chi connectivity index (χ2n) is 4.68. The number of imidazole rings is 1. The van der Waals surface area contributed by atoms with E-state index >= 15 is 0 Å². The average Bonchev–Trinajstić information content (AvgIpc) is 2.67. The zero-order valence-electron chi connectivity index (χ0n) is 9.78. The third-order valence-electron chi connectivity index (χ3n) is 3.25. The maximum Gasteiger partial charge on any atom is 0.229 e. The maximum atomic E-state index is 13.3. The van der Waals surface area contributed by atoms with E-state index in [1.165, 1.54) is 6.07 Å². The summed E-state index contributed by atoms with van der Waals surface area (Å²) in [6.07, 6.45) is 0.579. The molecule has 0 spiro atoms. The number of amides is 1. The molecule has 0 saturated heterocycles. The molecule has 7 heteroatoms. The van der Waals surface area contributed by atoms with Gasteiger partial charge in [-0.15, -0.1) is 0 Å². The van der Waals surface area contributed by atoms with Crippen LogP contribution in [0.25, 0.3) is 11.0 Å². The van der Waals surface area contributed by atoms with Gasteiger partial charge in [0.1, 0.15) is 5.82 Å². The molecule has 1 aromatic heterocycles. The summed E-state index contributed by atoms with van der Waals surface area (Å²) in [5, 5.41) is 11.8. The summed E-state index contributed by atoms with van der Waals surface area (Å²) in [6, 6.07) is 2.86. The summed E-state index contributed by atoms with van der Waals surface area (Å²) in [5.41, 5.74) is 1.09. The number of benzene rings is 1.